The largest absolute Gasteiger partial charge is 0.379 e. The highest BCUT2D eigenvalue weighted by atomic mass is 35.5. The fourth-order valence-electron chi connectivity index (χ4n) is 4.91. The van der Waals surface area contributed by atoms with Gasteiger partial charge in [-0.3, -0.25) is 14.4 Å². The molecule has 206 valence electrons. The van der Waals surface area contributed by atoms with Gasteiger partial charge in [0.25, 0.3) is 5.91 Å². The third kappa shape index (κ3) is 6.82. The predicted molar refractivity (Wildman–Crippen MR) is 148 cm³/mol. The number of Topliss-reactive ketones (excluding diaryl/α,β-unsaturated/α-hetero) is 1. The van der Waals surface area contributed by atoms with Gasteiger partial charge in [-0.2, -0.15) is 0 Å². The number of rotatable bonds is 11. The van der Waals surface area contributed by atoms with Crippen molar-refractivity contribution in [1.82, 2.24) is 19.6 Å². The summed E-state index contributed by atoms with van der Waals surface area (Å²) in [5, 5.41) is 14.8. The van der Waals surface area contributed by atoms with E-state index in [9.17, 15) is 14.4 Å². The number of fused-ring (bicyclic) bond motifs is 1. The highest BCUT2D eigenvalue weighted by Gasteiger charge is 2.27. The highest BCUT2D eigenvalue weighted by molar-refractivity contribution is 6.29. The van der Waals surface area contributed by atoms with Crippen LogP contribution >= 0.6 is 11.6 Å². The van der Waals surface area contributed by atoms with E-state index < -0.39 is 11.9 Å². The van der Waals surface area contributed by atoms with Crippen LogP contribution in [0.3, 0.4) is 0 Å². The first-order valence-corrected chi connectivity index (χ1v) is 13.5. The summed E-state index contributed by atoms with van der Waals surface area (Å²) in [4.78, 5) is 44.9. The molecule has 2 saturated carbocycles. The number of pyridine rings is 1. The minimum atomic E-state index is -0.830. The number of amides is 2. The lowest BCUT2D eigenvalue weighted by atomic mass is 9.82. The number of imidazole rings is 1. The van der Waals surface area contributed by atoms with Crippen molar-refractivity contribution in [2.24, 2.45) is 17.4 Å². The van der Waals surface area contributed by atoms with Crippen LogP contribution in [-0.4, -0.2) is 55.3 Å². The van der Waals surface area contributed by atoms with Crippen LogP contribution in [0.2, 0.25) is 5.15 Å². The number of nitrogens with two attached hydrogens (primary N) is 2. The van der Waals surface area contributed by atoms with Crippen LogP contribution in [-0.2, 0) is 9.59 Å². The number of ketones is 1. The summed E-state index contributed by atoms with van der Waals surface area (Å²) in [5.41, 5.74) is 13.2. The van der Waals surface area contributed by atoms with Crippen molar-refractivity contribution in [2.45, 2.75) is 69.5 Å². The molecule has 0 spiro atoms. The second-order valence-electron chi connectivity index (χ2n) is 10.4. The van der Waals surface area contributed by atoms with Gasteiger partial charge in [-0.15, -0.1) is 5.10 Å². The Morgan fingerprint density at radius 1 is 1.05 bits per heavy atom. The van der Waals surface area contributed by atoms with Gasteiger partial charge in [-0.05, 0) is 56.6 Å². The molecule has 0 saturated heterocycles. The SMILES string of the molecule is NC(=O)C[C@@H](N)C(=O)CC1CCC(Nc2cc(NC3CC3)c3ncc(C(=O)Nc4ccnc(Cl)c4)n3n2)CC1. The summed E-state index contributed by atoms with van der Waals surface area (Å²) >= 11 is 5.95. The lowest BCUT2D eigenvalue weighted by molar-refractivity contribution is -0.125. The number of carbonyl (C=O) groups excluding carboxylic acids is 3. The molecule has 12 nitrogen and oxygen atoms in total. The molecule has 2 aliphatic carbocycles. The number of nitrogens with zero attached hydrogens (tertiary/aromatic N) is 4. The molecule has 2 amide bonds. The summed E-state index contributed by atoms with van der Waals surface area (Å²) in [6, 6.07) is 4.87. The van der Waals surface area contributed by atoms with Crippen LogP contribution in [0, 0.1) is 5.92 Å². The Balaban J connectivity index is 1.28. The lowest BCUT2D eigenvalue weighted by Gasteiger charge is -2.29. The topological polar surface area (TPSA) is 182 Å². The van der Waals surface area contributed by atoms with E-state index in [4.69, 9.17) is 28.2 Å². The van der Waals surface area contributed by atoms with E-state index in [2.05, 4.69) is 25.9 Å². The molecule has 3 aromatic heterocycles. The van der Waals surface area contributed by atoms with Gasteiger partial charge in [0, 0.05) is 42.9 Å². The van der Waals surface area contributed by atoms with E-state index in [1.165, 1.54) is 12.4 Å². The average molecular weight is 554 g/mol. The molecular weight excluding hydrogens is 522 g/mol. The monoisotopic (exact) mass is 553 g/mol. The first-order valence-electron chi connectivity index (χ1n) is 13.2. The third-order valence-electron chi connectivity index (χ3n) is 7.14. The van der Waals surface area contributed by atoms with Crippen LogP contribution in [0.25, 0.3) is 5.65 Å². The zero-order chi connectivity index (χ0) is 27.5. The molecule has 0 radical (unpaired) electrons. The van der Waals surface area contributed by atoms with Crippen molar-refractivity contribution in [1.29, 1.82) is 0 Å². The molecule has 0 aliphatic heterocycles. The molecule has 2 aliphatic rings. The number of anilines is 3. The Morgan fingerprint density at radius 2 is 1.77 bits per heavy atom. The molecule has 3 aromatic rings. The molecule has 0 aromatic carbocycles. The quantitative estimate of drug-likeness (QED) is 0.223. The lowest BCUT2D eigenvalue weighted by Crippen LogP contribution is -2.37. The fourth-order valence-corrected chi connectivity index (χ4v) is 5.08. The van der Waals surface area contributed by atoms with Gasteiger partial charge < -0.3 is 27.4 Å². The molecule has 13 heteroatoms. The second kappa shape index (κ2) is 11.5. The normalized spacial score (nSPS) is 19.8. The molecule has 5 rings (SSSR count). The van der Waals surface area contributed by atoms with Gasteiger partial charge in [0.2, 0.25) is 5.91 Å². The van der Waals surface area contributed by atoms with Crippen LogP contribution < -0.4 is 27.4 Å². The first kappa shape index (κ1) is 26.8. The molecule has 1 atom stereocenters. The van der Waals surface area contributed by atoms with Crippen LogP contribution in [0.4, 0.5) is 17.2 Å². The van der Waals surface area contributed by atoms with Crippen LogP contribution in [0.5, 0.6) is 0 Å². The summed E-state index contributed by atoms with van der Waals surface area (Å²) in [5.74, 6) is -0.195. The Hall–Kier alpha value is -3.77. The van der Waals surface area contributed by atoms with Gasteiger partial charge in [0.15, 0.2) is 11.3 Å². The third-order valence-corrected chi connectivity index (χ3v) is 7.35. The molecule has 7 N–H and O–H groups in total. The van der Waals surface area contributed by atoms with Crippen LogP contribution in [0.1, 0.15) is 61.9 Å². The van der Waals surface area contributed by atoms with E-state index in [1.54, 1.807) is 16.6 Å². The summed E-state index contributed by atoms with van der Waals surface area (Å²) in [7, 11) is 0. The maximum atomic E-state index is 13.1. The molecule has 0 bridgehead atoms. The minimum Gasteiger partial charge on any atom is -0.379 e. The van der Waals surface area contributed by atoms with Crippen molar-refractivity contribution in [2.75, 3.05) is 16.0 Å². The van der Waals surface area contributed by atoms with Crippen molar-refractivity contribution in [3.05, 3.63) is 41.4 Å². The Bertz CT molecular complexity index is 1380. The molecule has 39 heavy (non-hydrogen) atoms. The predicted octanol–water partition coefficient (Wildman–Crippen LogP) is 2.74. The number of hydrogen-bond acceptors (Lipinski definition) is 9. The van der Waals surface area contributed by atoms with Gasteiger partial charge in [-0.25, -0.2) is 14.5 Å². The smallest absolute Gasteiger partial charge is 0.276 e. The number of aromatic nitrogens is 4. The molecule has 2 fully saturated rings. The zero-order valence-electron chi connectivity index (χ0n) is 21.4. The minimum absolute atomic E-state index is 0.118. The second-order valence-corrected chi connectivity index (χ2v) is 10.8. The summed E-state index contributed by atoms with van der Waals surface area (Å²) in [6.45, 7) is 0. The van der Waals surface area contributed by atoms with Crippen molar-refractivity contribution < 1.29 is 14.4 Å². The van der Waals surface area contributed by atoms with E-state index >= 15 is 0 Å². The number of nitrogens with one attached hydrogen (secondary N) is 3. The maximum Gasteiger partial charge on any atom is 0.276 e. The average Bonchev–Trinajstić information content (AvgIpc) is 3.60. The summed E-state index contributed by atoms with van der Waals surface area (Å²) in [6.07, 6.45) is 8.85. The number of hydrogen-bond donors (Lipinski definition) is 5. The maximum absolute atomic E-state index is 13.1. The molecular formula is C26H32ClN9O3. The van der Waals surface area contributed by atoms with Gasteiger partial charge in [-0.1, -0.05) is 11.6 Å². The van der Waals surface area contributed by atoms with Crippen LogP contribution in [0.15, 0.2) is 30.6 Å². The van der Waals surface area contributed by atoms with Gasteiger partial charge in [0.05, 0.1) is 17.9 Å². The Morgan fingerprint density at radius 3 is 2.46 bits per heavy atom. The van der Waals surface area contributed by atoms with Crippen molar-refractivity contribution in [3.63, 3.8) is 0 Å². The van der Waals surface area contributed by atoms with Gasteiger partial charge in [0.1, 0.15) is 16.8 Å². The zero-order valence-corrected chi connectivity index (χ0v) is 22.2. The van der Waals surface area contributed by atoms with Crippen molar-refractivity contribution >= 4 is 52.0 Å². The Labute approximate surface area is 230 Å². The first-order chi connectivity index (χ1) is 18.7. The number of halogens is 1. The number of primary amides is 1. The van der Waals surface area contributed by atoms with E-state index in [0.29, 0.717) is 29.6 Å². The summed E-state index contributed by atoms with van der Waals surface area (Å²) < 4.78 is 1.55. The Kier molecular flexibility index (Phi) is 7.94. The fraction of sp³-hybridized carbons (Fsp3) is 0.462. The number of carbonyl (C=O) groups is 3. The van der Waals surface area contributed by atoms with Gasteiger partial charge >= 0.3 is 0 Å². The molecule has 3 heterocycles. The van der Waals surface area contributed by atoms with Crippen molar-refractivity contribution in [3.8, 4) is 0 Å². The highest BCUT2D eigenvalue weighted by Crippen LogP contribution is 2.32. The molecule has 0 unspecified atom stereocenters. The van der Waals surface area contributed by atoms with E-state index in [-0.39, 0.29) is 40.9 Å². The van der Waals surface area contributed by atoms with E-state index in [0.717, 1.165) is 44.2 Å². The van der Waals surface area contributed by atoms with E-state index in [1.807, 2.05) is 6.07 Å². The standard InChI is InChI=1S/C26H32ClN9O3/c27-22-10-17(7-8-30-22)34-26(39)20-13-31-25-19(32-15-5-6-15)12-24(35-36(20)25)33-16-3-1-14(2-4-16)9-21(37)18(28)11-23(29)38/h7-8,10,12-16,18,32H,1-6,9,11,28H2,(H2,29,38)(H,33,35)(H,30,34,39)/t14?,16?,18-/m1/s1.